The summed E-state index contributed by atoms with van der Waals surface area (Å²) in [5, 5.41) is 9.65. The number of hydrogen-bond donors (Lipinski definition) is 2. The molecule has 1 amide bonds. The standard InChI is InChI=1S/C19H26N2O5/c1-26-12-19(18(24)25)8-5-9-21(11-19)17(23)14-10-13-6-3-2-4-7-15(13)20-16(14)22/h10H,2-9,11-12H2,1H3,(H,20,22)(H,24,25). The van der Waals surface area contributed by atoms with Crippen LogP contribution in [0.4, 0.5) is 0 Å². The number of likely N-dealkylation sites (tertiary alicyclic amines) is 1. The zero-order valence-corrected chi connectivity index (χ0v) is 15.2. The maximum absolute atomic E-state index is 13.0. The summed E-state index contributed by atoms with van der Waals surface area (Å²) < 4.78 is 5.11. The summed E-state index contributed by atoms with van der Waals surface area (Å²) in [7, 11) is 1.46. The van der Waals surface area contributed by atoms with Crippen LogP contribution < -0.4 is 5.56 Å². The SMILES string of the molecule is COCC1(C(=O)O)CCCN(C(=O)c2cc3c([nH]c2=O)CCCCC3)C1. The van der Waals surface area contributed by atoms with Gasteiger partial charge in [-0.15, -0.1) is 0 Å². The van der Waals surface area contributed by atoms with Crippen molar-refractivity contribution in [1.29, 1.82) is 0 Å². The largest absolute Gasteiger partial charge is 0.481 e. The minimum Gasteiger partial charge on any atom is -0.481 e. The van der Waals surface area contributed by atoms with Crippen molar-refractivity contribution in [3.63, 3.8) is 0 Å². The molecule has 26 heavy (non-hydrogen) atoms. The molecule has 2 N–H and O–H groups in total. The number of H-pyrrole nitrogens is 1. The number of fused-ring (bicyclic) bond motifs is 1. The molecule has 3 rings (SSSR count). The van der Waals surface area contributed by atoms with E-state index in [4.69, 9.17) is 4.74 Å². The third kappa shape index (κ3) is 3.53. The number of carbonyl (C=O) groups excluding carboxylic acids is 1. The molecule has 1 aromatic rings. The number of methoxy groups -OCH3 is 1. The van der Waals surface area contributed by atoms with Gasteiger partial charge in [0.05, 0.1) is 6.61 Å². The number of aromatic nitrogens is 1. The molecule has 0 saturated carbocycles. The smallest absolute Gasteiger partial charge is 0.313 e. The Kier molecular flexibility index (Phi) is 5.46. The first-order valence-electron chi connectivity index (χ1n) is 9.23. The van der Waals surface area contributed by atoms with E-state index in [9.17, 15) is 19.5 Å². The number of aryl methyl sites for hydroxylation is 2. The molecule has 0 radical (unpaired) electrons. The zero-order valence-electron chi connectivity index (χ0n) is 15.2. The van der Waals surface area contributed by atoms with E-state index in [0.29, 0.717) is 19.4 Å². The van der Waals surface area contributed by atoms with Crippen molar-refractivity contribution < 1.29 is 19.4 Å². The highest BCUT2D eigenvalue weighted by atomic mass is 16.5. The summed E-state index contributed by atoms with van der Waals surface area (Å²) in [6.45, 7) is 0.562. The molecule has 0 bridgehead atoms. The van der Waals surface area contributed by atoms with Gasteiger partial charge in [0.25, 0.3) is 11.5 Å². The lowest BCUT2D eigenvalue weighted by molar-refractivity contribution is -0.155. The molecule has 2 aliphatic rings. The van der Waals surface area contributed by atoms with Gasteiger partial charge >= 0.3 is 5.97 Å². The number of piperidine rings is 1. The lowest BCUT2D eigenvalue weighted by atomic mass is 9.80. The highest BCUT2D eigenvalue weighted by Crippen LogP contribution is 2.31. The molecule has 0 spiro atoms. The average Bonchev–Trinajstić information content (AvgIpc) is 2.85. The Morgan fingerprint density at radius 2 is 2.04 bits per heavy atom. The Hall–Kier alpha value is -2.15. The van der Waals surface area contributed by atoms with Crippen molar-refractivity contribution in [3.8, 4) is 0 Å². The van der Waals surface area contributed by atoms with Crippen LogP contribution in [0.1, 0.15) is 53.7 Å². The van der Waals surface area contributed by atoms with Crippen molar-refractivity contribution in [2.24, 2.45) is 5.41 Å². The van der Waals surface area contributed by atoms with Gasteiger partial charge in [0.2, 0.25) is 0 Å². The summed E-state index contributed by atoms with van der Waals surface area (Å²) in [6, 6.07) is 1.72. The molecule has 1 atom stereocenters. The number of carbonyl (C=O) groups is 2. The lowest BCUT2D eigenvalue weighted by Crippen LogP contribution is -2.52. The van der Waals surface area contributed by atoms with E-state index in [1.54, 1.807) is 6.07 Å². The van der Waals surface area contributed by atoms with E-state index >= 15 is 0 Å². The first kappa shape index (κ1) is 18.6. The highest BCUT2D eigenvalue weighted by molar-refractivity contribution is 5.94. The van der Waals surface area contributed by atoms with Gasteiger partial charge in [-0.3, -0.25) is 14.4 Å². The van der Waals surface area contributed by atoms with Crippen LogP contribution in [-0.4, -0.2) is 53.7 Å². The number of nitrogens with one attached hydrogen (secondary N) is 1. The van der Waals surface area contributed by atoms with Gasteiger partial charge in [0.1, 0.15) is 11.0 Å². The molecule has 1 unspecified atom stereocenters. The number of aliphatic carboxylic acids is 1. The van der Waals surface area contributed by atoms with Crippen LogP contribution in [0.5, 0.6) is 0 Å². The summed E-state index contributed by atoms with van der Waals surface area (Å²) in [4.78, 5) is 41.6. The van der Waals surface area contributed by atoms with Gasteiger partial charge < -0.3 is 19.7 Å². The van der Waals surface area contributed by atoms with Crippen molar-refractivity contribution in [2.75, 3.05) is 26.8 Å². The van der Waals surface area contributed by atoms with Crippen molar-refractivity contribution in [1.82, 2.24) is 9.88 Å². The van der Waals surface area contributed by atoms with E-state index in [0.717, 1.165) is 43.4 Å². The Labute approximate surface area is 152 Å². The molecular weight excluding hydrogens is 336 g/mol. The predicted octanol–water partition coefficient (Wildman–Crippen LogP) is 1.60. The third-order valence-corrected chi connectivity index (χ3v) is 5.56. The summed E-state index contributed by atoms with van der Waals surface area (Å²) in [5.74, 6) is -1.35. The summed E-state index contributed by atoms with van der Waals surface area (Å²) in [6.07, 6.45) is 5.93. The predicted molar refractivity (Wildman–Crippen MR) is 95.4 cm³/mol. The number of rotatable bonds is 4. The molecule has 1 aliphatic carbocycles. The zero-order chi connectivity index (χ0) is 18.7. The minimum absolute atomic E-state index is 0.0483. The van der Waals surface area contributed by atoms with Gasteiger partial charge in [-0.05, 0) is 50.2 Å². The van der Waals surface area contributed by atoms with Crippen molar-refractivity contribution in [3.05, 3.63) is 33.2 Å². The highest BCUT2D eigenvalue weighted by Gasteiger charge is 2.44. The van der Waals surface area contributed by atoms with Gasteiger partial charge in [0.15, 0.2) is 0 Å². The van der Waals surface area contributed by atoms with Gasteiger partial charge in [-0.25, -0.2) is 0 Å². The fourth-order valence-electron chi connectivity index (χ4n) is 4.12. The van der Waals surface area contributed by atoms with Crippen molar-refractivity contribution in [2.45, 2.75) is 44.9 Å². The molecule has 2 heterocycles. The van der Waals surface area contributed by atoms with Gasteiger partial charge in [0, 0.05) is 25.9 Å². The van der Waals surface area contributed by atoms with Crippen LogP contribution in [0, 0.1) is 5.41 Å². The van der Waals surface area contributed by atoms with E-state index in [2.05, 4.69) is 4.98 Å². The number of carboxylic acid groups (broad SMARTS) is 1. The maximum atomic E-state index is 13.0. The van der Waals surface area contributed by atoms with Crippen LogP contribution >= 0.6 is 0 Å². The van der Waals surface area contributed by atoms with Crippen LogP contribution in [0.15, 0.2) is 10.9 Å². The third-order valence-electron chi connectivity index (χ3n) is 5.56. The maximum Gasteiger partial charge on any atom is 0.313 e. The van der Waals surface area contributed by atoms with Crippen LogP contribution in [0.3, 0.4) is 0 Å². The fourth-order valence-corrected chi connectivity index (χ4v) is 4.12. The molecule has 0 aromatic carbocycles. The van der Waals surface area contributed by atoms with Crippen molar-refractivity contribution >= 4 is 11.9 Å². The Morgan fingerprint density at radius 1 is 1.27 bits per heavy atom. The average molecular weight is 362 g/mol. The normalized spacial score (nSPS) is 23.2. The number of amides is 1. The Balaban J connectivity index is 1.88. The number of aromatic amines is 1. The summed E-state index contributed by atoms with van der Waals surface area (Å²) >= 11 is 0. The Bertz CT molecular complexity index is 753. The van der Waals surface area contributed by atoms with E-state index in [1.165, 1.54) is 12.0 Å². The molecule has 7 heteroatoms. The molecular formula is C19H26N2O5. The van der Waals surface area contributed by atoms with Gasteiger partial charge in [-0.1, -0.05) is 6.42 Å². The quantitative estimate of drug-likeness (QED) is 0.793. The fraction of sp³-hybridized carbons (Fsp3) is 0.632. The van der Waals surface area contributed by atoms with Crippen LogP contribution in [0.25, 0.3) is 0 Å². The number of ether oxygens (including phenoxy) is 1. The molecule has 1 fully saturated rings. The minimum atomic E-state index is -1.11. The molecule has 142 valence electrons. The molecule has 1 aromatic heterocycles. The van der Waals surface area contributed by atoms with Gasteiger partial charge in [-0.2, -0.15) is 0 Å². The summed E-state index contributed by atoms with van der Waals surface area (Å²) in [5.41, 5.74) is 0.588. The second-order valence-electron chi connectivity index (χ2n) is 7.43. The number of hydrogen-bond acceptors (Lipinski definition) is 4. The van der Waals surface area contributed by atoms with E-state index in [-0.39, 0.29) is 30.2 Å². The first-order chi connectivity index (χ1) is 12.5. The number of carboxylic acids is 1. The first-order valence-corrected chi connectivity index (χ1v) is 9.23. The van der Waals surface area contributed by atoms with E-state index < -0.39 is 11.4 Å². The van der Waals surface area contributed by atoms with Crippen LogP contribution in [0.2, 0.25) is 0 Å². The van der Waals surface area contributed by atoms with Crippen LogP contribution in [-0.2, 0) is 22.4 Å². The second-order valence-corrected chi connectivity index (χ2v) is 7.43. The monoisotopic (exact) mass is 362 g/mol. The lowest BCUT2D eigenvalue weighted by Gasteiger charge is -2.39. The number of pyridine rings is 1. The molecule has 1 aliphatic heterocycles. The molecule has 7 nitrogen and oxygen atoms in total. The second kappa shape index (κ2) is 7.61. The van der Waals surface area contributed by atoms with E-state index in [1.807, 2.05) is 0 Å². The topological polar surface area (TPSA) is 99.7 Å². The Morgan fingerprint density at radius 3 is 2.77 bits per heavy atom. The number of nitrogens with zero attached hydrogens (tertiary/aromatic N) is 1. The molecule has 1 saturated heterocycles.